The molecule has 1 aliphatic carbocycles. The van der Waals surface area contributed by atoms with Crippen LogP contribution < -0.4 is 21.4 Å². The number of aromatic carboxylic acids is 1. The van der Waals surface area contributed by atoms with Gasteiger partial charge in [0.1, 0.15) is 11.2 Å². The highest BCUT2D eigenvalue weighted by molar-refractivity contribution is 5.92. The Morgan fingerprint density at radius 3 is 2.63 bits per heavy atom. The molecule has 2 fully saturated rings. The van der Waals surface area contributed by atoms with E-state index in [1.54, 1.807) is 9.47 Å². The summed E-state index contributed by atoms with van der Waals surface area (Å²) in [6, 6.07) is 0.965. The standard InChI is InChI=1S/C18H20FN5O4.ClH.H2O/c19-13-5-11-15(26)12(18(27)28)8-24(10-1-2-10)16(11)22-17(13)23-4-3-9(7-23)21-14(25)6-20;;/h5,8-10H,1-4,6-7,20H2,(H,21,25)(H,27,28);1H;1H2. The number of halogens is 2. The maximum Gasteiger partial charge on any atom is 0.341 e. The van der Waals surface area contributed by atoms with Crippen molar-refractivity contribution >= 4 is 41.1 Å². The van der Waals surface area contributed by atoms with E-state index in [0.717, 1.165) is 18.9 Å². The van der Waals surface area contributed by atoms with Crippen LogP contribution >= 0.6 is 12.4 Å². The van der Waals surface area contributed by atoms with Crippen LogP contribution in [0.15, 0.2) is 17.1 Å². The fraction of sp³-hybridized carbons (Fsp3) is 0.444. The molecular weight excluding hydrogens is 421 g/mol. The molecule has 164 valence electrons. The average Bonchev–Trinajstić information content (AvgIpc) is 3.40. The third-order valence-corrected chi connectivity index (χ3v) is 5.15. The van der Waals surface area contributed by atoms with Crippen molar-refractivity contribution in [3.63, 3.8) is 0 Å². The summed E-state index contributed by atoms with van der Waals surface area (Å²) in [4.78, 5) is 41.5. The molecule has 2 aromatic rings. The molecule has 3 heterocycles. The zero-order chi connectivity index (χ0) is 20.0. The van der Waals surface area contributed by atoms with Crippen LogP contribution in [0.25, 0.3) is 11.0 Å². The highest BCUT2D eigenvalue weighted by Gasteiger charge is 2.30. The fourth-order valence-corrected chi connectivity index (χ4v) is 3.60. The van der Waals surface area contributed by atoms with Crippen LogP contribution in [0.5, 0.6) is 0 Å². The number of hydrogen-bond donors (Lipinski definition) is 3. The molecule has 12 heteroatoms. The number of carbonyl (C=O) groups is 2. The third-order valence-electron chi connectivity index (χ3n) is 5.15. The van der Waals surface area contributed by atoms with Gasteiger partial charge in [0, 0.05) is 31.4 Å². The number of nitrogens with two attached hydrogens (primary N) is 1. The molecule has 0 aromatic carbocycles. The van der Waals surface area contributed by atoms with Gasteiger partial charge in [-0.3, -0.25) is 9.59 Å². The average molecular weight is 444 g/mol. The number of hydrogen-bond acceptors (Lipinski definition) is 6. The Hall–Kier alpha value is -2.76. The predicted molar refractivity (Wildman–Crippen MR) is 110 cm³/mol. The molecule has 1 saturated carbocycles. The first kappa shape index (κ1) is 23.5. The Balaban J connectivity index is 0.00000160. The number of carboxylic acids is 1. The monoisotopic (exact) mass is 443 g/mol. The van der Waals surface area contributed by atoms with E-state index in [2.05, 4.69) is 10.3 Å². The van der Waals surface area contributed by atoms with E-state index < -0.39 is 17.2 Å². The number of amides is 1. The number of pyridine rings is 2. The van der Waals surface area contributed by atoms with Crippen LogP contribution in [0.3, 0.4) is 0 Å². The molecule has 6 N–H and O–H groups in total. The summed E-state index contributed by atoms with van der Waals surface area (Å²) in [5.74, 6) is -2.22. The number of nitrogens with zero attached hydrogens (tertiary/aromatic N) is 3. The van der Waals surface area contributed by atoms with E-state index in [1.165, 1.54) is 6.20 Å². The molecule has 1 amide bonds. The number of fused-ring (bicyclic) bond motifs is 1. The molecule has 2 aromatic heterocycles. The van der Waals surface area contributed by atoms with Gasteiger partial charge in [-0.05, 0) is 25.3 Å². The quantitative estimate of drug-likeness (QED) is 0.577. The van der Waals surface area contributed by atoms with Crippen molar-refractivity contribution in [2.24, 2.45) is 5.73 Å². The Bertz CT molecular complexity index is 1040. The molecule has 1 saturated heterocycles. The van der Waals surface area contributed by atoms with Crippen LogP contribution in [0.4, 0.5) is 10.2 Å². The summed E-state index contributed by atoms with van der Waals surface area (Å²) < 4.78 is 16.4. The van der Waals surface area contributed by atoms with E-state index in [9.17, 15) is 23.9 Å². The van der Waals surface area contributed by atoms with Crippen molar-refractivity contribution in [3.05, 3.63) is 33.9 Å². The number of carboxylic acid groups (broad SMARTS) is 1. The molecular formula is C18H23ClFN5O5. The van der Waals surface area contributed by atoms with Crippen molar-refractivity contribution in [2.75, 3.05) is 24.5 Å². The van der Waals surface area contributed by atoms with Gasteiger partial charge in [-0.25, -0.2) is 14.2 Å². The number of carbonyl (C=O) groups excluding carboxylic acids is 1. The van der Waals surface area contributed by atoms with E-state index in [0.29, 0.717) is 19.5 Å². The third kappa shape index (κ3) is 4.23. The lowest BCUT2D eigenvalue weighted by Crippen LogP contribution is -2.40. The first-order valence-corrected chi connectivity index (χ1v) is 9.12. The Kier molecular flexibility index (Phi) is 7.01. The normalized spacial score (nSPS) is 17.9. The van der Waals surface area contributed by atoms with Crippen LogP contribution in [-0.4, -0.2) is 57.7 Å². The molecule has 10 nitrogen and oxygen atoms in total. The maximum absolute atomic E-state index is 14.8. The van der Waals surface area contributed by atoms with Crippen molar-refractivity contribution < 1.29 is 24.6 Å². The van der Waals surface area contributed by atoms with E-state index in [-0.39, 0.29) is 64.8 Å². The number of aromatic nitrogens is 2. The summed E-state index contributed by atoms with van der Waals surface area (Å²) in [6.07, 6.45) is 3.62. The Labute approximate surface area is 176 Å². The largest absolute Gasteiger partial charge is 0.477 e. The van der Waals surface area contributed by atoms with Gasteiger partial charge in [0.2, 0.25) is 11.3 Å². The van der Waals surface area contributed by atoms with Crippen LogP contribution in [0.2, 0.25) is 0 Å². The summed E-state index contributed by atoms with van der Waals surface area (Å²) in [6.45, 7) is 0.756. The molecule has 2 aliphatic rings. The smallest absolute Gasteiger partial charge is 0.341 e. The highest BCUT2D eigenvalue weighted by atomic mass is 35.5. The number of nitrogens with one attached hydrogen (secondary N) is 1. The van der Waals surface area contributed by atoms with Gasteiger partial charge < -0.3 is 31.1 Å². The van der Waals surface area contributed by atoms with Gasteiger partial charge in [0.25, 0.3) is 0 Å². The topological polar surface area (TPSA) is 162 Å². The second-order valence-corrected chi connectivity index (χ2v) is 7.18. The molecule has 1 unspecified atom stereocenters. The van der Waals surface area contributed by atoms with Gasteiger partial charge in [0.15, 0.2) is 11.6 Å². The van der Waals surface area contributed by atoms with Crippen LogP contribution in [-0.2, 0) is 4.79 Å². The van der Waals surface area contributed by atoms with Crippen molar-refractivity contribution in [1.29, 1.82) is 0 Å². The van der Waals surface area contributed by atoms with Gasteiger partial charge in [-0.1, -0.05) is 0 Å². The van der Waals surface area contributed by atoms with Crippen molar-refractivity contribution in [2.45, 2.75) is 31.3 Å². The minimum absolute atomic E-state index is 0. The number of anilines is 1. The molecule has 0 spiro atoms. The summed E-state index contributed by atoms with van der Waals surface area (Å²) >= 11 is 0. The zero-order valence-electron chi connectivity index (χ0n) is 15.9. The zero-order valence-corrected chi connectivity index (χ0v) is 16.7. The molecule has 1 aliphatic heterocycles. The SMILES string of the molecule is Cl.NCC(=O)NC1CCN(c2nc3c(cc2F)c(=O)c(C(=O)O)cn3C2CC2)C1.O. The Morgan fingerprint density at radius 2 is 2.03 bits per heavy atom. The minimum Gasteiger partial charge on any atom is -0.477 e. The van der Waals surface area contributed by atoms with Gasteiger partial charge in [-0.15, -0.1) is 12.4 Å². The molecule has 0 radical (unpaired) electrons. The lowest BCUT2D eigenvalue weighted by atomic mass is 10.2. The molecule has 4 rings (SSSR count). The lowest BCUT2D eigenvalue weighted by Gasteiger charge is -2.20. The van der Waals surface area contributed by atoms with Crippen molar-refractivity contribution in [3.8, 4) is 0 Å². The lowest BCUT2D eigenvalue weighted by molar-refractivity contribution is -0.120. The summed E-state index contributed by atoms with van der Waals surface area (Å²) in [7, 11) is 0. The van der Waals surface area contributed by atoms with Gasteiger partial charge >= 0.3 is 5.97 Å². The molecule has 0 bridgehead atoms. The van der Waals surface area contributed by atoms with E-state index in [1.807, 2.05) is 0 Å². The highest BCUT2D eigenvalue weighted by Crippen LogP contribution is 2.37. The van der Waals surface area contributed by atoms with Crippen LogP contribution in [0, 0.1) is 5.82 Å². The van der Waals surface area contributed by atoms with E-state index in [4.69, 9.17) is 5.73 Å². The Morgan fingerprint density at radius 1 is 1.33 bits per heavy atom. The summed E-state index contributed by atoms with van der Waals surface area (Å²) in [5, 5.41) is 12.0. The van der Waals surface area contributed by atoms with Gasteiger partial charge in [0.05, 0.1) is 11.9 Å². The second-order valence-electron chi connectivity index (χ2n) is 7.18. The molecule has 1 atom stereocenters. The first-order valence-electron chi connectivity index (χ1n) is 9.12. The van der Waals surface area contributed by atoms with Gasteiger partial charge in [-0.2, -0.15) is 0 Å². The van der Waals surface area contributed by atoms with Crippen molar-refractivity contribution in [1.82, 2.24) is 14.9 Å². The number of rotatable bonds is 5. The minimum atomic E-state index is -1.34. The van der Waals surface area contributed by atoms with Crippen LogP contribution in [0.1, 0.15) is 35.7 Å². The second kappa shape index (κ2) is 8.94. The summed E-state index contributed by atoms with van der Waals surface area (Å²) in [5.41, 5.74) is 4.46. The fourth-order valence-electron chi connectivity index (χ4n) is 3.60. The maximum atomic E-state index is 14.8. The molecule has 30 heavy (non-hydrogen) atoms. The predicted octanol–water partition coefficient (Wildman–Crippen LogP) is -0.181. The van der Waals surface area contributed by atoms with E-state index >= 15 is 0 Å². The first-order chi connectivity index (χ1) is 13.4.